The van der Waals surface area contributed by atoms with Gasteiger partial charge in [0, 0.05) is 19.7 Å². The molecule has 2 rings (SSSR count). The van der Waals surface area contributed by atoms with Crippen LogP contribution in [-0.4, -0.2) is 49.7 Å². The highest BCUT2D eigenvalue weighted by Crippen LogP contribution is 2.20. The molecule has 3 unspecified atom stereocenters. The molecule has 0 aromatic carbocycles. The van der Waals surface area contributed by atoms with Crippen molar-refractivity contribution < 1.29 is 9.53 Å². The van der Waals surface area contributed by atoms with Crippen LogP contribution in [0.4, 0.5) is 0 Å². The van der Waals surface area contributed by atoms with Crippen molar-refractivity contribution in [2.45, 2.75) is 44.8 Å². The Labute approximate surface area is 104 Å². The molecule has 2 fully saturated rings. The van der Waals surface area contributed by atoms with Crippen molar-refractivity contribution in [3.05, 3.63) is 0 Å². The molecular weight excluding hydrogens is 216 g/mol. The zero-order valence-corrected chi connectivity index (χ0v) is 10.9. The number of nitrogens with zero attached hydrogens (tertiary/aromatic N) is 1. The van der Waals surface area contributed by atoms with Crippen LogP contribution in [0.25, 0.3) is 0 Å². The molecule has 1 amide bonds. The summed E-state index contributed by atoms with van der Waals surface area (Å²) in [5, 5.41) is 3.14. The number of carbonyl (C=O) groups excluding carboxylic acids is 1. The second kappa shape index (κ2) is 5.83. The van der Waals surface area contributed by atoms with Crippen molar-refractivity contribution in [3.8, 4) is 0 Å². The smallest absolute Gasteiger partial charge is 0.239 e. The van der Waals surface area contributed by atoms with E-state index in [4.69, 9.17) is 4.74 Å². The van der Waals surface area contributed by atoms with Crippen LogP contribution in [-0.2, 0) is 9.53 Å². The van der Waals surface area contributed by atoms with Gasteiger partial charge in [-0.2, -0.15) is 0 Å². The van der Waals surface area contributed by atoms with E-state index >= 15 is 0 Å². The minimum Gasteiger partial charge on any atom is -0.376 e. The van der Waals surface area contributed by atoms with Crippen LogP contribution in [0, 0.1) is 5.92 Å². The quantitative estimate of drug-likeness (QED) is 0.800. The van der Waals surface area contributed by atoms with E-state index in [2.05, 4.69) is 12.2 Å². The van der Waals surface area contributed by atoms with E-state index < -0.39 is 0 Å². The number of hydrogen-bond acceptors (Lipinski definition) is 3. The van der Waals surface area contributed by atoms with E-state index in [0.29, 0.717) is 5.92 Å². The van der Waals surface area contributed by atoms with Crippen molar-refractivity contribution in [1.29, 1.82) is 0 Å². The summed E-state index contributed by atoms with van der Waals surface area (Å²) < 4.78 is 5.63. The van der Waals surface area contributed by atoms with Crippen molar-refractivity contribution in [2.24, 2.45) is 5.92 Å². The van der Waals surface area contributed by atoms with Gasteiger partial charge in [-0.1, -0.05) is 6.92 Å². The lowest BCUT2D eigenvalue weighted by Gasteiger charge is -2.27. The Morgan fingerprint density at radius 3 is 2.88 bits per heavy atom. The molecule has 2 heterocycles. The van der Waals surface area contributed by atoms with Gasteiger partial charge in [-0.3, -0.25) is 4.79 Å². The van der Waals surface area contributed by atoms with Crippen molar-refractivity contribution in [1.82, 2.24) is 10.2 Å². The van der Waals surface area contributed by atoms with Gasteiger partial charge in [0.25, 0.3) is 0 Å². The maximum absolute atomic E-state index is 12.3. The number of nitrogens with one attached hydrogen (secondary N) is 1. The summed E-state index contributed by atoms with van der Waals surface area (Å²) in [7, 11) is 1.88. The lowest BCUT2D eigenvalue weighted by Crippen LogP contribution is -2.47. The second-order valence-electron chi connectivity index (χ2n) is 5.40. The van der Waals surface area contributed by atoms with E-state index in [0.717, 1.165) is 45.4 Å². The van der Waals surface area contributed by atoms with Crippen LogP contribution in [0.3, 0.4) is 0 Å². The van der Waals surface area contributed by atoms with Gasteiger partial charge in [0.05, 0.1) is 12.1 Å². The number of likely N-dealkylation sites (tertiary alicyclic amines) is 1. The highest BCUT2D eigenvalue weighted by molar-refractivity contribution is 5.82. The fourth-order valence-corrected chi connectivity index (χ4v) is 2.82. The number of hydrogen-bond donors (Lipinski definition) is 1. The molecule has 3 atom stereocenters. The summed E-state index contributed by atoms with van der Waals surface area (Å²) in [5.41, 5.74) is 0. The Balaban J connectivity index is 1.98. The first kappa shape index (κ1) is 12.8. The molecule has 2 aliphatic rings. The Bertz CT molecular complexity index is 264. The van der Waals surface area contributed by atoms with Crippen molar-refractivity contribution in [3.63, 3.8) is 0 Å². The van der Waals surface area contributed by atoms with E-state index in [-0.39, 0.29) is 18.1 Å². The standard InChI is InChI=1S/C13H24N2O2/c1-10-5-6-12(14-2)13(16)15(8-10)9-11-4-3-7-17-11/h10-12,14H,3-9H2,1-2H3. The predicted molar refractivity (Wildman–Crippen MR) is 66.8 cm³/mol. The average Bonchev–Trinajstić information content (AvgIpc) is 2.77. The monoisotopic (exact) mass is 240 g/mol. The molecule has 2 aliphatic heterocycles. The van der Waals surface area contributed by atoms with Gasteiger partial charge in [-0.25, -0.2) is 0 Å². The summed E-state index contributed by atoms with van der Waals surface area (Å²) in [6.45, 7) is 4.75. The Morgan fingerprint density at radius 2 is 2.24 bits per heavy atom. The first-order valence-corrected chi connectivity index (χ1v) is 6.78. The van der Waals surface area contributed by atoms with Gasteiger partial charge in [-0.05, 0) is 38.6 Å². The van der Waals surface area contributed by atoms with E-state index in [1.165, 1.54) is 0 Å². The first-order valence-electron chi connectivity index (χ1n) is 6.78. The van der Waals surface area contributed by atoms with Gasteiger partial charge in [0.2, 0.25) is 5.91 Å². The summed E-state index contributed by atoms with van der Waals surface area (Å²) in [5.74, 6) is 0.853. The molecule has 0 aromatic rings. The van der Waals surface area contributed by atoms with Crippen LogP contribution < -0.4 is 5.32 Å². The molecule has 4 heteroatoms. The van der Waals surface area contributed by atoms with Crippen molar-refractivity contribution >= 4 is 5.91 Å². The second-order valence-corrected chi connectivity index (χ2v) is 5.40. The van der Waals surface area contributed by atoms with E-state index in [1.54, 1.807) is 0 Å². The van der Waals surface area contributed by atoms with Crippen molar-refractivity contribution in [2.75, 3.05) is 26.7 Å². The number of likely N-dealkylation sites (N-methyl/N-ethyl adjacent to an activating group) is 1. The highest BCUT2D eigenvalue weighted by Gasteiger charge is 2.30. The fraction of sp³-hybridized carbons (Fsp3) is 0.923. The molecule has 1 N–H and O–H groups in total. The Morgan fingerprint density at radius 1 is 1.41 bits per heavy atom. The largest absolute Gasteiger partial charge is 0.376 e. The summed E-state index contributed by atoms with van der Waals surface area (Å²) in [6.07, 6.45) is 4.58. The number of carbonyl (C=O) groups is 1. The molecule has 98 valence electrons. The first-order chi connectivity index (χ1) is 8.20. The molecule has 0 bridgehead atoms. The summed E-state index contributed by atoms with van der Waals surface area (Å²) >= 11 is 0. The van der Waals surface area contributed by atoms with E-state index in [1.807, 2.05) is 11.9 Å². The topological polar surface area (TPSA) is 41.6 Å². The zero-order valence-electron chi connectivity index (χ0n) is 10.9. The van der Waals surface area contributed by atoms with E-state index in [9.17, 15) is 4.79 Å². The minimum absolute atomic E-state index is 0.00125. The average molecular weight is 240 g/mol. The molecule has 0 spiro atoms. The van der Waals surface area contributed by atoms with Gasteiger partial charge < -0.3 is 15.0 Å². The van der Waals surface area contributed by atoms with Crippen LogP contribution in [0.1, 0.15) is 32.6 Å². The number of amides is 1. The molecule has 4 nitrogen and oxygen atoms in total. The molecule has 0 saturated carbocycles. The maximum Gasteiger partial charge on any atom is 0.239 e. The molecule has 0 aliphatic carbocycles. The molecule has 2 saturated heterocycles. The predicted octanol–water partition coefficient (Wildman–Crippen LogP) is 1.01. The van der Waals surface area contributed by atoms with Gasteiger partial charge in [0.1, 0.15) is 0 Å². The third-order valence-electron chi connectivity index (χ3n) is 3.89. The lowest BCUT2D eigenvalue weighted by molar-refractivity contribution is -0.134. The van der Waals surface area contributed by atoms with Crippen LogP contribution in [0.5, 0.6) is 0 Å². The summed E-state index contributed by atoms with van der Waals surface area (Å²) in [6, 6.07) is 0.00125. The SMILES string of the molecule is CNC1CCC(C)CN(CC2CCCO2)C1=O. The Kier molecular flexibility index (Phi) is 4.40. The highest BCUT2D eigenvalue weighted by atomic mass is 16.5. The van der Waals surface area contributed by atoms with Gasteiger partial charge in [-0.15, -0.1) is 0 Å². The third kappa shape index (κ3) is 3.19. The van der Waals surface area contributed by atoms with Gasteiger partial charge in [0.15, 0.2) is 0 Å². The number of rotatable bonds is 3. The normalized spacial score (nSPS) is 35.1. The molecular formula is C13H24N2O2. The Hall–Kier alpha value is -0.610. The number of ether oxygens (including phenoxy) is 1. The molecule has 0 aromatic heterocycles. The van der Waals surface area contributed by atoms with Crippen LogP contribution in [0.15, 0.2) is 0 Å². The third-order valence-corrected chi connectivity index (χ3v) is 3.89. The lowest BCUT2D eigenvalue weighted by atomic mass is 10.0. The maximum atomic E-state index is 12.3. The fourth-order valence-electron chi connectivity index (χ4n) is 2.82. The minimum atomic E-state index is 0.00125. The summed E-state index contributed by atoms with van der Waals surface area (Å²) in [4.78, 5) is 14.3. The van der Waals surface area contributed by atoms with Crippen LogP contribution >= 0.6 is 0 Å². The van der Waals surface area contributed by atoms with Gasteiger partial charge >= 0.3 is 0 Å². The zero-order chi connectivity index (χ0) is 12.3. The van der Waals surface area contributed by atoms with Crippen LogP contribution in [0.2, 0.25) is 0 Å². The molecule has 17 heavy (non-hydrogen) atoms. The molecule has 0 radical (unpaired) electrons.